The first-order valence-electron chi connectivity index (χ1n) is 30.0. The quantitative estimate of drug-likeness (QED) is 0.0262. The molecule has 0 aromatic carbocycles. The number of unbranched alkanes of at least 4 members (excludes halogenated alkanes) is 40. The van der Waals surface area contributed by atoms with Gasteiger partial charge in [0.15, 0.2) is 6.10 Å². The third kappa shape index (κ3) is 54.6. The molecule has 0 aliphatic rings. The van der Waals surface area contributed by atoms with Gasteiger partial charge in [-0.25, -0.2) is 0 Å². The van der Waals surface area contributed by atoms with Crippen molar-refractivity contribution in [3.63, 3.8) is 0 Å². The van der Waals surface area contributed by atoms with E-state index in [-0.39, 0.29) is 31.1 Å². The van der Waals surface area contributed by atoms with Gasteiger partial charge in [-0.1, -0.05) is 295 Å². The summed E-state index contributed by atoms with van der Waals surface area (Å²) >= 11 is 0. The normalized spacial score (nSPS) is 12.2. The average Bonchev–Trinajstić information content (AvgIpc) is 3.34. The first-order valence-corrected chi connectivity index (χ1v) is 30.0. The molecule has 0 aliphatic carbocycles. The zero-order valence-corrected chi connectivity index (χ0v) is 45.6. The van der Waals surface area contributed by atoms with Crippen LogP contribution in [0, 0.1) is 0 Å². The lowest BCUT2D eigenvalue weighted by Gasteiger charge is -2.18. The molecule has 0 saturated carbocycles. The number of ether oxygens (including phenoxy) is 3. The molecule has 0 fully saturated rings. The van der Waals surface area contributed by atoms with Gasteiger partial charge in [0.2, 0.25) is 0 Å². The third-order valence-electron chi connectivity index (χ3n) is 13.5. The summed E-state index contributed by atoms with van der Waals surface area (Å²) in [4.78, 5) is 38.2. The fourth-order valence-electron chi connectivity index (χ4n) is 8.92. The van der Waals surface area contributed by atoms with Gasteiger partial charge in [0, 0.05) is 19.3 Å². The average molecular weight is 956 g/mol. The van der Waals surface area contributed by atoms with E-state index in [2.05, 4.69) is 57.2 Å². The molecule has 0 bridgehead atoms. The van der Waals surface area contributed by atoms with Crippen LogP contribution in [-0.4, -0.2) is 37.2 Å². The molecule has 68 heavy (non-hydrogen) atoms. The summed E-state index contributed by atoms with van der Waals surface area (Å²) in [5.74, 6) is -0.872. The fourth-order valence-corrected chi connectivity index (χ4v) is 8.92. The van der Waals surface area contributed by atoms with Crippen molar-refractivity contribution in [2.45, 2.75) is 329 Å². The molecule has 6 nitrogen and oxygen atoms in total. The van der Waals surface area contributed by atoms with Gasteiger partial charge in [0.05, 0.1) is 0 Å². The zero-order chi connectivity index (χ0) is 49.3. The molecule has 1 unspecified atom stereocenters. The number of esters is 3. The van der Waals surface area contributed by atoms with Crippen LogP contribution in [-0.2, 0) is 28.6 Å². The maximum absolute atomic E-state index is 12.9. The van der Waals surface area contributed by atoms with Crippen molar-refractivity contribution in [1.82, 2.24) is 0 Å². The molecule has 6 heteroatoms. The van der Waals surface area contributed by atoms with E-state index in [0.29, 0.717) is 19.3 Å². The Bertz CT molecular complexity index is 1140. The van der Waals surface area contributed by atoms with Crippen molar-refractivity contribution in [3.8, 4) is 0 Å². The summed E-state index contributed by atoms with van der Waals surface area (Å²) < 4.78 is 16.9. The van der Waals surface area contributed by atoms with Crippen molar-refractivity contribution in [3.05, 3.63) is 36.5 Å². The Balaban J connectivity index is 4.36. The predicted molar refractivity (Wildman–Crippen MR) is 293 cm³/mol. The zero-order valence-electron chi connectivity index (χ0n) is 45.6. The standard InChI is InChI=1S/C62H114O6/c1-4-7-10-13-16-19-22-25-28-30-32-34-37-40-43-46-49-52-55-61(64)67-58-59(57-66-60(63)54-51-48-45-42-39-36-27-24-21-18-15-12-9-6-3)68-62(65)56-53-50-47-44-41-38-35-33-31-29-26-23-20-17-14-11-8-5-2/h22,25,28,30,32,34,59H,4-21,23-24,26-27,29,31,33,35-58H2,1-3H3/b25-22-,30-28-,34-32-. The van der Waals surface area contributed by atoms with Crippen LogP contribution in [0.15, 0.2) is 36.5 Å². The van der Waals surface area contributed by atoms with E-state index < -0.39 is 6.10 Å². The van der Waals surface area contributed by atoms with E-state index >= 15 is 0 Å². The summed E-state index contributed by atoms with van der Waals surface area (Å²) in [6, 6.07) is 0. The van der Waals surface area contributed by atoms with Gasteiger partial charge in [-0.15, -0.1) is 0 Å². The molecule has 0 aromatic heterocycles. The minimum absolute atomic E-state index is 0.0737. The lowest BCUT2D eigenvalue weighted by Crippen LogP contribution is -2.30. The van der Waals surface area contributed by atoms with Gasteiger partial charge < -0.3 is 14.2 Å². The highest BCUT2D eigenvalue weighted by atomic mass is 16.6. The van der Waals surface area contributed by atoms with Gasteiger partial charge in [0.25, 0.3) is 0 Å². The molecule has 0 radical (unpaired) electrons. The molecule has 0 rings (SSSR count). The number of carbonyl (C=O) groups is 3. The van der Waals surface area contributed by atoms with Crippen molar-refractivity contribution in [1.29, 1.82) is 0 Å². The highest BCUT2D eigenvalue weighted by molar-refractivity contribution is 5.71. The number of hydrogen-bond donors (Lipinski definition) is 0. The highest BCUT2D eigenvalue weighted by Gasteiger charge is 2.19. The second-order valence-electron chi connectivity index (χ2n) is 20.3. The molecule has 398 valence electrons. The summed E-state index contributed by atoms with van der Waals surface area (Å²) in [6.07, 6.45) is 68.5. The number of carbonyl (C=O) groups excluding carboxylic acids is 3. The topological polar surface area (TPSA) is 78.9 Å². The Morgan fingerprint density at radius 2 is 0.529 bits per heavy atom. The van der Waals surface area contributed by atoms with Crippen molar-refractivity contribution >= 4 is 17.9 Å². The van der Waals surface area contributed by atoms with Crippen LogP contribution in [0.4, 0.5) is 0 Å². The smallest absolute Gasteiger partial charge is 0.306 e. The monoisotopic (exact) mass is 955 g/mol. The second kappa shape index (κ2) is 57.2. The van der Waals surface area contributed by atoms with Gasteiger partial charge in [0.1, 0.15) is 13.2 Å². The van der Waals surface area contributed by atoms with Crippen molar-refractivity contribution < 1.29 is 28.6 Å². The van der Waals surface area contributed by atoms with Gasteiger partial charge in [-0.3, -0.25) is 14.4 Å². The minimum Gasteiger partial charge on any atom is -0.462 e. The predicted octanol–water partition coefficient (Wildman–Crippen LogP) is 20.0. The van der Waals surface area contributed by atoms with Crippen LogP contribution in [0.25, 0.3) is 0 Å². The molecule has 0 N–H and O–H groups in total. The molecule has 0 spiro atoms. The Morgan fingerprint density at radius 3 is 0.809 bits per heavy atom. The largest absolute Gasteiger partial charge is 0.462 e. The van der Waals surface area contributed by atoms with Crippen LogP contribution in [0.5, 0.6) is 0 Å². The lowest BCUT2D eigenvalue weighted by atomic mass is 10.0. The van der Waals surface area contributed by atoms with Crippen LogP contribution < -0.4 is 0 Å². The first-order chi connectivity index (χ1) is 33.5. The van der Waals surface area contributed by atoms with E-state index in [0.717, 1.165) is 77.0 Å². The summed E-state index contributed by atoms with van der Waals surface area (Å²) in [6.45, 7) is 6.66. The molecule has 0 aromatic rings. The molecular weight excluding hydrogens is 841 g/mol. The van der Waals surface area contributed by atoms with Gasteiger partial charge in [-0.05, 0) is 44.9 Å². The van der Waals surface area contributed by atoms with E-state index in [4.69, 9.17) is 14.2 Å². The Morgan fingerprint density at radius 1 is 0.294 bits per heavy atom. The van der Waals surface area contributed by atoms with Gasteiger partial charge >= 0.3 is 17.9 Å². The summed E-state index contributed by atoms with van der Waals surface area (Å²) in [5, 5.41) is 0. The molecular formula is C62H114O6. The number of hydrogen-bond acceptors (Lipinski definition) is 6. The number of rotatable bonds is 55. The second-order valence-corrected chi connectivity index (χ2v) is 20.3. The maximum atomic E-state index is 12.9. The SMILES string of the molecule is CCCCCCC\C=C/C=C\C=C/CCCCCCCC(=O)OCC(COC(=O)CCCCCCCCCCCCCCCC)OC(=O)CCCCCCCCCCCCCCCCCCCC. The Hall–Kier alpha value is -2.37. The minimum atomic E-state index is -0.776. The Kier molecular flexibility index (Phi) is 55.2. The van der Waals surface area contributed by atoms with Crippen LogP contribution in [0.2, 0.25) is 0 Å². The Labute approximate surface area is 423 Å². The first kappa shape index (κ1) is 65.6. The molecule has 0 heterocycles. The molecule has 0 saturated heterocycles. The van der Waals surface area contributed by atoms with Crippen molar-refractivity contribution in [2.24, 2.45) is 0 Å². The van der Waals surface area contributed by atoms with Crippen molar-refractivity contribution in [2.75, 3.05) is 13.2 Å². The third-order valence-corrected chi connectivity index (χ3v) is 13.5. The van der Waals surface area contributed by atoms with E-state index in [1.807, 2.05) is 0 Å². The van der Waals surface area contributed by atoms with E-state index in [1.54, 1.807) is 0 Å². The van der Waals surface area contributed by atoms with Crippen LogP contribution in [0.1, 0.15) is 323 Å². The molecule has 0 amide bonds. The summed E-state index contributed by atoms with van der Waals surface area (Å²) in [7, 11) is 0. The van der Waals surface area contributed by atoms with E-state index in [9.17, 15) is 14.4 Å². The van der Waals surface area contributed by atoms with Crippen LogP contribution in [0.3, 0.4) is 0 Å². The van der Waals surface area contributed by atoms with Gasteiger partial charge in [-0.2, -0.15) is 0 Å². The maximum Gasteiger partial charge on any atom is 0.306 e. The number of allylic oxidation sites excluding steroid dienone is 6. The van der Waals surface area contributed by atoms with Crippen LogP contribution >= 0.6 is 0 Å². The molecule has 0 aliphatic heterocycles. The fraction of sp³-hybridized carbons (Fsp3) is 0.855. The molecule has 1 atom stereocenters. The van der Waals surface area contributed by atoms with E-state index in [1.165, 1.54) is 205 Å². The lowest BCUT2D eigenvalue weighted by molar-refractivity contribution is -0.167. The summed E-state index contributed by atoms with van der Waals surface area (Å²) in [5.41, 5.74) is 0. The highest BCUT2D eigenvalue weighted by Crippen LogP contribution is 2.17.